The largest absolute Gasteiger partial charge is 0.476 e. The number of piperidine rings is 1. The van der Waals surface area contributed by atoms with E-state index >= 15 is 0 Å². The average Bonchev–Trinajstić information content (AvgIpc) is 3.08. The molecule has 1 aliphatic heterocycles. The number of quaternary nitrogens is 1. The number of unbranched alkanes of at least 4 members (excludes halogenated alkanes) is 3. The van der Waals surface area contributed by atoms with Gasteiger partial charge in [-0.15, -0.1) is 4.37 Å². The van der Waals surface area contributed by atoms with Gasteiger partial charge in [-0.25, -0.2) is 0 Å². The average molecular weight is 385 g/mol. The van der Waals surface area contributed by atoms with Gasteiger partial charge >= 0.3 is 5.97 Å². The summed E-state index contributed by atoms with van der Waals surface area (Å²) in [5.74, 6) is 0.815. The van der Waals surface area contributed by atoms with Crippen molar-refractivity contribution in [3.8, 4) is 5.88 Å². The van der Waals surface area contributed by atoms with Crippen LogP contribution >= 0.6 is 11.7 Å². The molecule has 7 heteroatoms. The van der Waals surface area contributed by atoms with Crippen molar-refractivity contribution in [2.24, 2.45) is 5.92 Å². The van der Waals surface area contributed by atoms with Crippen LogP contribution in [0.25, 0.3) is 0 Å². The standard InChI is InChI=1S/C19H34N3O3S/c1-5-6-7-8-12-24-18-17(20-26-21-18)16-10-9-11-22(4,13-16)14-25-19(23)15(2)3/h15-16H,5-14H2,1-4H3/q+1. The Labute approximate surface area is 161 Å². The lowest BCUT2D eigenvalue weighted by molar-refractivity contribution is -0.931. The molecule has 0 aliphatic carbocycles. The summed E-state index contributed by atoms with van der Waals surface area (Å²) in [7, 11) is 2.16. The van der Waals surface area contributed by atoms with E-state index in [1.165, 1.54) is 31.0 Å². The quantitative estimate of drug-likeness (QED) is 0.347. The maximum atomic E-state index is 11.8. The van der Waals surface area contributed by atoms with Crippen LogP contribution in [0.2, 0.25) is 0 Å². The zero-order valence-electron chi connectivity index (χ0n) is 16.7. The minimum Gasteiger partial charge on any atom is -0.476 e. The van der Waals surface area contributed by atoms with E-state index < -0.39 is 0 Å². The number of carbonyl (C=O) groups is 1. The molecule has 26 heavy (non-hydrogen) atoms. The molecule has 148 valence electrons. The first kappa shape index (κ1) is 21.1. The summed E-state index contributed by atoms with van der Waals surface area (Å²) in [6.45, 7) is 9.01. The topological polar surface area (TPSA) is 61.3 Å². The monoisotopic (exact) mass is 384 g/mol. The summed E-state index contributed by atoms with van der Waals surface area (Å²) in [5.41, 5.74) is 0.990. The minimum absolute atomic E-state index is 0.0855. The molecule has 1 aliphatic rings. The Morgan fingerprint density at radius 3 is 2.85 bits per heavy atom. The minimum atomic E-state index is -0.127. The van der Waals surface area contributed by atoms with Crippen molar-refractivity contribution in [1.82, 2.24) is 8.75 Å². The molecule has 2 atom stereocenters. The van der Waals surface area contributed by atoms with Gasteiger partial charge < -0.3 is 9.47 Å². The van der Waals surface area contributed by atoms with E-state index in [4.69, 9.17) is 9.47 Å². The van der Waals surface area contributed by atoms with Gasteiger partial charge in [-0.05, 0) is 19.3 Å². The zero-order valence-corrected chi connectivity index (χ0v) is 17.5. The highest BCUT2D eigenvalue weighted by atomic mass is 32.1. The predicted molar refractivity (Wildman–Crippen MR) is 103 cm³/mol. The molecule has 2 unspecified atom stereocenters. The van der Waals surface area contributed by atoms with Gasteiger partial charge in [0.1, 0.15) is 5.69 Å². The second-order valence-corrected chi connectivity index (χ2v) is 8.50. The van der Waals surface area contributed by atoms with Crippen molar-refractivity contribution >= 4 is 17.7 Å². The number of esters is 1. The van der Waals surface area contributed by atoms with Crippen molar-refractivity contribution in [2.75, 3.05) is 33.5 Å². The fourth-order valence-corrected chi connectivity index (χ4v) is 3.97. The number of aromatic nitrogens is 2. The molecule has 0 spiro atoms. The molecule has 0 radical (unpaired) electrons. The zero-order chi connectivity index (χ0) is 19.0. The van der Waals surface area contributed by atoms with Crippen molar-refractivity contribution in [1.29, 1.82) is 0 Å². The summed E-state index contributed by atoms with van der Waals surface area (Å²) < 4.78 is 21.1. The number of nitrogens with zero attached hydrogens (tertiary/aromatic N) is 3. The number of rotatable bonds is 10. The maximum Gasteiger partial charge on any atom is 0.312 e. The molecule has 0 saturated carbocycles. The van der Waals surface area contributed by atoms with Gasteiger partial charge in [0.25, 0.3) is 0 Å². The van der Waals surface area contributed by atoms with Crippen LogP contribution in [0.5, 0.6) is 5.88 Å². The summed E-state index contributed by atoms with van der Waals surface area (Å²) in [4.78, 5) is 11.8. The first-order chi connectivity index (χ1) is 12.4. The lowest BCUT2D eigenvalue weighted by atomic mass is 9.94. The Bertz CT molecular complexity index is 564. The van der Waals surface area contributed by atoms with Gasteiger partial charge in [0.15, 0.2) is 0 Å². The van der Waals surface area contributed by atoms with Gasteiger partial charge in [-0.1, -0.05) is 40.0 Å². The van der Waals surface area contributed by atoms with Gasteiger partial charge in [0, 0.05) is 0 Å². The highest BCUT2D eigenvalue weighted by molar-refractivity contribution is 6.99. The van der Waals surface area contributed by atoms with Gasteiger partial charge in [-0.2, -0.15) is 4.37 Å². The van der Waals surface area contributed by atoms with E-state index in [0.29, 0.717) is 25.1 Å². The lowest BCUT2D eigenvalue weighted by Gasteiger charge is -2.40. The summed E-state index contributed by atoms with van der Waals surface area (Å²) >= 11 is 1.23. The Hall–Kier alpha value is -1.21. The second kappa shape index (κ2) is 10.2. The summed E-state index contributed by atoms with van der Waals surface area (Å²) in [5, 5.41) is 0. The smallest absolute Gasteiger partial charge is 0.312 e. The van der Waals surface area contributed by atoms with Crippen LogP contribution < -0.4 is 4.74 Å². The Balaban J connectivity index is 1.90. The predicted octanol–water partition coefficient (Wildman–Crippen LogP) is 3.98. The van der Waals surface area contributed by atoms with E-state index in [2.05, 4.69) is 22.7 Å². The van der Waals surface area contributed by atoms with E-state index in [0.717, 1.165) is 42.5 Å². The summed E-state index contributed by atoms with van der Waals surface area (Å²) in [6, 6.07) is 0. The van der Waals surface area contributed by atoms with Crippen LogP contribution in [-0.4, -0.2) is 52.7 Å². The molecule has 1 saturated heterocycles. The maximum absolute atomic E-state index is 11.8. The Morgan fingerprint density at radius 2 is 2.12 bits per heavy atom. The van der Waals surface area contributed by atoms with Crippen LogP contribution in [0, 0.1) is 5.92 Å². The molecule has 0 N–H and O–H groups in total. The third kappa shape index (κ3) is 6.20. The first-order valence-corrected chi connectivity index (χ1v) is 10.6. The molecule has 0 aromatic carbocycles. The van der Waals surface area contributed by atoms with Gasteiger partial charge in [0.2, 0.25) is 12.6 Å². The third-order valence-corrected chi connectivity index (χ3v) is 5.53. The highest BCUT2D eigenvalue weighted by Gasteiger charge is 2.36. The Kier molecular flexibility index (Phi) is 8.28. The first-order valence-electron chi connectivity index (χ1n) is 9.90. The number of carbonyl (C=O) groups excluding carboxylic acids is 1. The van der Waals surface area contributed by atoms with Crippen LogP contribution in [-0.2, 0) is 9.53 Å². The van der Waals surface area contributed by atoms with Crippen molar-refractivity contribution in [3.63, 3.8) is 0 Å². The molecule has 1 fully saturated rings. The highest BCUT2D eigenvalue weighted by Crippen LogP contribution is 2.34. The molecule has 1 aromatic rings. The van der Waals surface area contributed by atoms with Crippen molar-refractivity contribution in [3.05, 3.63) is 5.69 Å². The van der Waals surface area contributed by atoms with Crippen LogP contribution in [0.4, 0.5) is 0 Å². The number of hydrogen-bond acceptors (Lipinski definition) is 6. The number of likely N-dealkylation sites (N-methyl/N-ethyl adjacent to an activating group) is 1. The molecule has 2 rings (SSSR count). The van der Waals surface area contributed by atoms with Crippen LogP contribution in [0.15, 0.2) is 0 Å². The van der Waals surface area contributed by atoms with Crippen molar-refractivity contribution in [2.45, 2.75) is 65.2 Å². The Morgan fingerprint density at radius 1 is 1.31 bits per heavy atom. The van der Waals surface area contributed by atoms with Crippen LogP contribution in [0.3, 0.4) is 0 Å². The third-order valence-electron chi connectivity index (χ3n) is 5.01. The molecule has 0 amide bonds. The number of hydrogen-bond donors (Lipinski definition) is 0. The van der Waals surface area contributed by atoms with E-state index in [1.54, 1.807) is 0 Å². The molecule has 6 nitrogen and oxygen atoms in total. The fraction of sp³-hybridized carbons (Fsp3) is 0.842. The normalized spacial score (nSPS) is 23.2. The molecule has 0 bridgehead atoms. The molecular formula is C19H34N3O3S+. The van der Waals surface area contributed by atoms with Crippen LogP contribution in [0.1, 0.15) is 70.9 Å². The van der Waals surface area contributed by atoms with Gasteiger partial charge in [-0.3, -0.25) is 9.28 Å². The fourth-order valence-electron chi connectivity index (χ4n) is 3.40. The molecule has 1 aromatic heterocycles. The number of ether oxygens (including phenoxy) is 2. The summed E-state index contributed by atoms with van der Waals surface area (Å²) in [6.07, 6.45) is 6.91. The second-order valence-electron chi connectivity index (χ2n) is 7.98. The van der Waals surface area contributed by atoms with E-state index in [-0.39, 0.29) is 11.9 Å². The van der Waals surface area contributed by atoms with E-state index in [1.807, 2.05) is 13.8 Å². The van der Waals surface area contributed by atoms with Crippen molar-refractivity contribution < 1.29 is 18.8 Å². The SMILES string of the molecule is CCCCCCOc1nsnc1C1CCC[N+](C)(COC(=O)C(C)C)C1. The number of likely N-dealkylation sites (tertiary alicyclic amines) is 1. The lowest BCUT2D eigenvalue weighted by Crippen LogP contribution is -2.52. The van der Waals surface area contributed by atoms with E-state index in [9.17, 15) is 4.79 Å². The molecule has 2 heterocycles. The van der Waals surface area contributed by atoms with Gasteiger partial charge in [0.05, 0.1) is 50.3 Å². The molecular weight excluding hydrogens is 350 g/mol.